The van der Waals surface area contributed by atoms with Gasteiger partial charge in [-0.15, -0.1) is 11.3 Å². The van der Waals surface area contributed by atoms with Crippen molar-refractivity contribution in [3.05, 3.63) is 73.2 Å². The lowest BCUT2D eigenvalue weighted by molar-refractivity contribution is 0.0945. The summed E-state index contributed by atoms with van der Waals surface area (Å²) in [4.78, 5) is 26.1. The van der Waals surface area contributed by atoms with E-state index in [1.807, 2.05) is 6.92 Å². The fraction of sp³-hybridized carbons (Fsp3) is 0.222. The van der Waals surface area contributed by atoms with E-state index in [-0.39, 0.29) is 11.6 Å². The highest BCUT2D eigenvalue weighted by atomic mass is 35.5. The summed E-state index contributed by atoms with van der Waals surface area (Å²) in [6.07, 6.45) is 3.03. The smallest absolute Gasteiger partial charge is 0.271 e. The molecular formula is C18H17Cl2N5O3S2. The van der Waals surface area contributed by atoms with E-state index in [0.717, 1.165) is 9.88 Å². The molecule has 0 fully saturated rings. The Morgan fingerprint density at radius 2 is 2.00 bits per heavy atom. The van der Waals surface area contributed by atoms with Crippen molar-refractivity contribution in [3.8, 4) is 0 Å². The molecule has 2 heterocycles. The van der Waals surface area contributed by atoms with E-state index < -0.39 is 17.3 Å². The third-order valence-electron chi connectivity index (χ3n) is 4.08. The molecule has 0 spiro atoms. The van der Waals surface area contributed by atoms with Crippen molar-refractivity contribution < 1.29 is 13.6 Å². The van der Waals surface area contributed by atoms with Crippen molar-refractivity contribution in [3.63, 3.8) is 0 Å². The number of halogens is 2. The summed E-state index contributed by atoms with van der Waals surface area (Å²) in [6, 6.07) is 4.04. The molecule has 1 aromatic carbocycles. The predicted molar refractivity (Wildman–Crippen MR) is 117 cm³/mol. The van der Waals surface area contributed by atoms with E-state index in [0.29, 0.717) is 33.5 Å². The molecule has 0 aliphatic rings. The second kappa shape index (κ2) is 9.90. The van der Waals surface area contributed by atoms with Crippen LogP contribution >= 0.6 is 34.5 Å². The van der Waals surface area contributed by atoms with E-state index in [2.05, 4.69) is 25.0 Å². The van der Waals surface area contributed by atoms with Gasteiger partial charge >= 0.3 is 0 Å². The first-order valence-corrected chi connectivity index (χ1v) is 11.3. The zero-order valence-corrected chi connectivity index (χ0v) is 19.0. The number of aryl methyl sites for hydroxylation is 2. The van der Waals surface area contributed by atoms with Crippen molar-refractivity contribution in [1.82, 2.24) is 25.0 Å². The standard InChI is InChI=1S/C18H17Cl2N5O3S2/c1-9-16(17(25-30(27)28)11-3-4-13(19)14(20)5-11)22-8-15(24-9)18(26)23-7-12-6-21-10(2)29-12/h3-6,8,17,25H,7H2,1-2H3,(H,23,26)(H,27,28). The minimum absolute atomic E-state index is 0.135. The number of carbonyl (C=O) groups excluding carboxylic acids is 1. The molecule has 0 saturated carbocycles. The number of carbonyl (C=O) groups is 1. The largest absolute Gasteiger partial charge is 0.346 e. The molecule has 2 aromatic heterocycles. The molecule has 158 valence electrons. The Bertz CT molecular complexity index is 1110. The molecule has 0 saturated heterocycles. The number of amides is 1. The van der Waals surface area contributed by atoms with Crippen molar-refractivity contribution in [2.45, 2.75) is 26.4 Å². The van der Waals surface area contributed by atoms with Crippen LogP contribution in [0.1, 0.15) is 43.4 Å². The van der Waals surface area contributed by atoms with Gasteiger partial charge in [-0.05, 0) is 31.5 Å². The lowest BCUT2D eigenvalue weighted by Crippen LogP contribution is -2.28. The molecule has 12 heteroatoms. The maximum Gasteiger partial charge on any atom is 0.271 e. The third kappa shape index (κ3) is 5.60. The van der Waals surface area contributed by atoms with Crippen LogP contribution in [0.15, 0.2) is 30.6 Å². The molecule has 1 amide bonds. The van der Waals surface area contributed by atoms with Crippen LogP contribution in [0.25, 0.3) is 0 Å². The van der Waals surface area contributed by atoms with Crippen LogP contribution in [0.4, 0.5) is 0 Å². The van der Waals surface area contributed by atoms with E-state index >= 15 is 0 Å². The monoisotopic (exact) mass is 485 g/mol. The quantitative estimate of drug-likeness (QED) is 0.440. The SMILES string of the molecule is Cc1ncc(CNC(=O)c2cnc(C(NS(=O)O)c3ccc(Cl)c(Cl)c3)c(C)n2)s1. The Hall–Kier alpha value is -1.95. The minimum atomic E-state index is -2.33. The van der Waals surface area contributed by atoms with E-state index in [1.165, 1.54) is 17.5 Å². The lowest BCUT2D eigenvalue weighted by Gasteiger charge is -2.19. The summed E-state index contributed by atoms with van der Waals surface area (Å²) in [5.41, 5.74) is 1.51. The van der Waals surface area contributed by atoms with Crippen LogP contribution in [-0.2, 0) is 17.8 Å². The van der Waals surface area contributed by atoms with Crippen molar-refractivity contribution in [2.24, 2.45) is 0 Å². The number of nitrogens with zero attached hydrogens (tertiary/aromatic N) is 3. The number of aromatic nitrogens is 3. The average Bonchev–Trinajstić information content (AvgIpc) is 3.11. The fourth-order valence-corrected chi connectivity index (χ4v) is 4.19. The first-order chi connectivity index (χ1) is 14.2. The van der Waals surface area contributed by atoms with Gasteiger partial charge in [0.2, 0.25) is 11.3 Å². The molecular weight excluding hydrogens is 469 g/mol. The van der Waals surface area contributed by atoms with Crippen LogP contribution in [0, 0.1) is 13.8 Å². The molecule has 3 aromatic rings. The summed E-state index contributed by atoms with van der Waals surface area (Å²) < 4.78 is 23.3. The number of thiazole rings is 1. The maximum absolute atomic E-state index is 12.4. The number of hydrogen-bond acceptors (Lipinski definition) is 6. The average molecular weight is 486 g/mol. The zero-order valence-electron chi connectivity index (χ0n) is 15.8. The fourth-order valence-electron chi connectivity index (χ4n) is 2.70. The normalized spacial score (nSPS) is 13.1. The van der Waals surface area contributed by atoms with Gasteiger partial charge in [0, 0.05) is 11.1 Å². The third-order valence-corrected chi connectivity index (χ3v) is 6.17. The number of rotatable bonds is 7. The Balaban J connectivity index is 1.84. The van der Waals surface area contributed by atoms with Crippen LogP contribution in [-0.4, -0.2) is 29.6 Å². The molecule has 2 atom stereocenters. The molecule has 0 bridgehead atoms. The summed E-state index contributed by atoms with van der Waals surface area (Å²) in [5.74, 6) is -0.381. The Kier molecular flexibility index (Phi) is 7.50. The van der Waals surface area contributed by atoms with Crippen molar-refractivity contribution in [1.29, 1.82) is 0 Å². The van der Waals surface area contributed by atoms with Crippen LogP contribution < -0.4 is 10.0 Å². The van der Waals surface area contributed by atoms with Crippen LogP contribution in [0.3, 0.4) is 0 Å². The second-order valence-corrected chi connectivity index (χ2v) is 9.10. The van der Waals surface area contributed by atoms with Gasteiger partial charge in [-0.25, -0.2) is 18.9 Å². The van der Waals surface area contributed by atoms with Gasteiger partial charge in [0.15, 0.2) is 0 Å². The zero-order chi connectivity index (χ0) is 21.8. The molecule has 0 aliphatic heterocycles. The maximum atomic E-state index is 12.4. The summed E-state index contributed by atoms with van der Waals surface area (Å²) in [6.45, 7) is 3.89. The number of benzene rings is 1. The van der Waals surface area contributed by atoms with Gasteiger partial charge < -0.3 is 5.32 Å². The molecule has 0 radical (unpaired) electrons. The molecule has 0 aliphatic carbocycles. The highest BCUT2D eigenvalue weighted by molar-refractivity contribution is 7.77. The van der Waals surface area contributed by atoms with Crippen molar-refractivity contribution in [2.75, 3.05) is 0 Å². The van der Waals surface area contributed by atoms with Crippen molar-refractivity contribution >= 4 is 51.7 Å². The van der Waals surface area contributed by atoms with E-state index in [4.69, 9.17) is 23.2 Å². The second-order valence-electron chi connectivity index (χ2n) is 6.23. The van der Waals surface area contributed by atoms with Gasteiger partial charge in [0.1, 0.15) is 5.69 Å². The molecule has 30 heavy (non-hydrogen) atoms. The molecule has 2 unspecified atom stereocenters. The van der Waals surface area contributed by atoms with Gasteiger partial charge in [0.05, 0.1) is 45.2 Å². The highest BCUT2D eigenvalue weighted by Crippen LogP contribution is 2.29. The highest BCUT2D eigenvalue weighted by Gasteiger charge is 2.22. The van der Waals surface area contributed by atoms with E-state index in [1.54, 1.807) is 31.3 Å². The predicted octanol–water partition coefficient (Wildman–Crippen LogP) is 3.60. The number of nitrogens with one attached hydrogen (secondary N) is 2. The molecule has 3 N–H and O–H groups in total. The Labute approximate surface area is 189 Å². The van der Waals surface area contributed by atoms with Gasteiger partial charge in [-0.1, -0.05) is 29.3 Å². The topological polar surface area (TPSA) is 117 Å². The molecule has 8 nitrogen and oxygen atoms in total. The van der Waals surface area contributed by atoms with Gasteiger partial charge in [0.25, 0.3) is 5.91 Å². The Morgan fingerprint density at radius 1 is 1.23 bits per heavy atom. The summed E-state index contributed by atoms with van der Waals surface area (Å²) in [5, 5.41) is 4.35. The molecule has 3 rings (SSSR count). The van der Waals surface area contributed by atoms with Crippen LogP contribution in [0.2, 0.25) is 10.0 Å². The number of hydrogen-bond donors (Lipinski definition) is 3. The van der Waals surface area contributed by atoms with Gasteiger partial charge in [-0.2, -0.15) is 0 Å². The first-order valence-electron chi connectivity index (χ1n) is 8.59. The lowest BCUT2D eigenvalue weighted by atomic mass is 10.0. The van der Waals surface area contributed by atoms with E-state index in [9.17, 15) is 13.6 Å². The summed E-state index contributed by atoms with van der Waals surface area (Å²) in [7, 11) is 0. The Morgan fingerprint density at radius 3 is 2.60 bits per heavy atom. The summed E-state index contributed by atoms with van der Waals surface area (Å²) >= 11 is 11.2. The van der Waals surface area contributed by atoms with Crippen LogP contribution in [0.5, 0.6) is 0 Å². The first kappa shape index (κ1) is 22.7. The van der Waals surface area contributed by atoms with Gasteiger partial charge in [-0.3, -0.25) is 14.3 Å². The minimum Gasteiger partial charge on any atom is -0.346 e.